The Morgan fingerprint density at radius 2 is 1.12 bits per heavy atom. The van der Waals surface area contributed by atoms with Crippen molar-refractivity contribution in [1.82, 2.24) is 0 Å². The van der Waals surface area contributed by atoms with Gasteiger partial charge in [-0.3, -0.25) is 0 Å². The van der Waals surface area contributed by atoms with E-state index in [0.29, 0.717) is 0 Å². The first-order chi connectivity index (χ1) is 23.8. The molecular weight excluding hydrogens is 623 g/mol. The van der Waals surface area contributed by atoms with E-state index in [1.807, 2.05) is 22.7 Å². The minimum absolute atomic E-state index is 0.932. The average Bonchev–Trinajstić information content (AvgIpc) is 3.83. The molecule has 0 aliphatic carbocycles. The van der Waals surface area contributed by atoms with Crippen molar-refractivity contribution in [3.05, 3.63) is 152 Å². The molecule has 4 heteroatoms. The van der Waals surface area contributed by atoms with Gasteiger partial charge in [0.2, 0.25) is 0 Å². The van der Waals surface area contributed by atoms with Crippen LogP contribution in [-0.2, 0) is 0 Å². The minimum Gasteiger partial charge on any atom is -0.455 e. The van der Waals surface area contributed by atoms with Crippen molar-refractivity contribution in [2.75, 3.05) is 4.90 Å². The van der Waals surface area contributed by atoms with Gasteiger partial charge in [0.1, 0.15) is 11.2 Å². The summed E-state index contributed by atoms with van der Waals surface area (Å²) in [5.74, 6) is 0. The molecular formula is C44H25NOS2. The van der Waals surface area contributed by atoms with Crippen molar-refractivity contribution in [1.29, 1.82) is 0 Å². The van der Waals surface area contributed by atoms with Crippen molar-refractivity contribution < 1.29 is 4.42 Å². The van der Waals surface area contributed by atoms with E-state index in [0.717, 1.165) is 27.9 Å². The molecule has 0 saturated heterocycles. The van der Waals surface area contributed by atoms with E-state index >= 15 is 0 Å². The number of furan rings is 1. The summed E-state index contributed by atoms with van der Waals surface area (Å²) in [5, 5.41) is 12.5. The number of nitrogens with zero attached hydrogens (tertiary/aromatic N) is 1. The molecule has 8 aromatic carbocycles. The Balaban J connectivity index is 1.18. The number of hydrogen-bond acceptors (Lipinski definition) is 4. The Hall–Kier alpha value is -5.68. The zero-order chi connectivity index (χ0) is 31.3. The van der Waals surface area contributed by atoms with Crippen molar-refractivity contribution >= 4 is 124 Å². The minimum atomic E-state index is 0.932. The van der Waals surface area contributed by atoms with E-state index in [9.17, 15) is 0 Å². The number of rotatable bonds is 3. The second-order valence-electron chi connectivity index (χ2n) is 12.4. The number of para-hydroxylation sites is 1. The van der Waals surface area contributed by atoms with E-state index in [4.69, 9.17) is 4.42 Å². The maximum Gasteiger partial charge on any atom is 0.143 e. The van der Waals surface area contributed by atoms with Crippen LogP contribution >= 0.6 is 22.7 Å². The number of thiophene rings is 2. The fourth-order valence-corrected chi connectivity index (χ4v) is 10.1. The largest absolute Gasteiger partial charge is 0.455 e. The molecule has 0 saturated carbocycles. The highest BCUT2D eigenvalue weighted by Gasteiger charge is 2.22. The monoisotopic (exact) mass is 647 g/mol. The maximum atomic E-state index is 6.60. The maximum absolute atomic E-state index is 6.60. The van der Waals surface area contributed by atoms with Crippen molar-refractivity contribution in [2.45, 2.75) is 0 Å². The molecule has 0 unspecified atom stereocenters. The lowest BCUT2D eigenvalue weighted by Gasteiger charge is -2.26. The lowest BCUT2D eigenvalue weighted by atomic mass is 10.0. The summed E-state index contributed by atoms with van der Waals surface area (Å²) in [4.78, 5) is 2.43. The van der Waals surface area contributed by atoms with Gasteiger partial charge in [-0.1, -0.05) is 97.1 Å². The number of hydrogen-bond donors (Lipinski definition) is 0. The van der Waals surface area contributed by atoms with Gasteiger partial charge in [0.15, 0.2) is 0 Å². The topological polar surface area (TPSA) is 16.4 Å². The van der Waals surface area contributed by atoms with Crippen LogP contribution < -0.4 is 4.90 Å². The Labute approximate surface area is 283 Å². The lowest BCUT2D eigenvalue weighted by Crippen LogP contribution is -2.09. The molecule has 0 fully saturated rings. The lowest BCUT2D eigenvalue weighted by molar-refractivity contribution is 0.673. The van der Waals surface area contributed by atoms with Crippen molar-refractivity contribution in [3.8, 4) is 0 Å². The molecule has 0 N–H and O–H groups in total. The van der Waals surface area contributed by atoms with Crippen LogP contribution in [-0.4, -0.2) is 0 Å². The molecule has 0 spiro atoms. The molecule has 48 heavy (non-hydrogen) atoms. The van der Waals surface area contributed by atoms with Crippen LogP contribution in [0.25, 0.3) is 83.8 Å². The van der Waals surface area contributed by atoms with E-state index < -0.39 is 0 Å². The first kappa shape index (κ1) is 26.4. The van der Waals surface area contributed by atoms with Gasteiger partial charge in [0, 0.05) is 63.2 Å². The molecule has 3 aromatic heterocycles. The molecule has 0 aliphatic rings. The third kappa shape index (κ3) is 3.67. The number of fused-ring (bicyclic) bond motifs is 14. The smallest absolute Gasteiger partial charge is 0.143 e. The highest BCUT2D eigenvalue weighted by molar-refractivity contribution is 7.27. The molecule has 11 aromatic rings. The zero-order valence-electron chi connectivity index (χ0n) is 25.6. The molecule has 2 nitrogen and oxygen atoms in total. The summed E-state index contributed by atoms with van der Waals surface area (Å²) in [6.07, 6.45) is 0. The number of anilines is 3. The van der Waals surface area contributed by atoms with Gasteiger partial charge in [0.25, 0.3) is 0 Å². The Morgan fingerprint density at radius 1 is 0.417 bits per heavy atom. The Morgan fingerprint density at radius 3 is 2.02 bits per heavy atom. The van der Waals surface area contributed by atoms with Gasteiger partial charge in [-0.2, -0.15) is 0 Å². The quantitative estimate of drug-likeness (QED) is 0.190. The molecule has 0 atom stereocenters. The molecule has 11 rings (SSSR count). The van der Waals surface area contributed by atoms with Crippen molar-refractivity contribution in [3.63, 3.8) is 0 Å². The van der Waals surface area contributed by atoms with Crippen LogP contribution in [0.4, 0.5) is 17.1 Å². The molecule has 3 heterocycles. The summed E-state index contributed by atoms with van der Waals surface area (Å²) in [6, 6.07) is 55.1. The van der Waals surface area contributed by atoms with Gasteiger partial charge in [-0.15, -0.1) is 22.7 Å². The standard InChI is InChI=1S/C44H25NOS2/c1-2-11-28(12-3-1)45(29-19-21-32-39(25-29)47-37-23-18-26-9-4-6-13-30(26)40(32)37)35-16-8-15-34-42-38(48-44(34)35)24-22-36-41(42)33-20-17-27-10-5-7-14-31(27)43(33)46-36/h1-25H. The first-order valence-corrected chi connectivity index (χ1v) is 17.8. The van der Waals surface area contributed by atoms with E-state index in [2.05, 4.69) is 157 Å². The summed E-state index contributed by atoms with van der Waals surface area (Å²) in [6.45, 7) is 0. The fourth-order valence-electron chi connectivity index (χ4n) is 7.72. The van der Waals surface area contributed by atoms with Crippen LogP contribution in [0.1, 0.15) is 0 Å². The Bertz CT molecular complexity index is 3070. The summed E-state index contributed by atoms with van der Waals surface area (Å²) < 4.78 is 11.7. The van der Waals surface area contributed by atoms with Gasteiger partial charge in [-0.25, -0.2) is 0 Å². The molecule has 0 amide bonds. The highest BCUT2D eigenvalue weighted by Crippen LogP contribution is 2.49. The predicted octanol–water partition coefficient (Wildman–Crippen LogP) is 14.1. The van der Waals surface area contributed by atoms with E-state index in [1.165, 1.54) is 73.0 Å². The van der Waals surface area contributed by atoms with Crippen LogP contribution in [0.15, 0.2) is 156 Å². The Kier molecular flexibility index (Phi) is 5.45. The summed E-state index contributed by atoms with van der Waals surface area (Å²) in [5.41, 5.74) is 5.36. The molecule has 0 radical (unpaired) electrons. The number of benzene rings is 8. The second-order valence-corrected chi connectivity index (χ2v) is 14.6. The van der Waals surface area contributed by atoms with Gasteiger partial charge < -0.3 is 9.32 Å². The third-order valence-electron chi connectivity index (χ3n) is 9.82. The zero-order valence-corrected chi connectivity index (χ0v) is 27.2. The van der Waals surface area contributed by atoms with Crippen molar-refractivity contribution in [2.24, 2.45) is 0 Å². The van der Waals surface area contributed by atoms with Gasteiger partial charge >= 0.3 is 0 Å². The molecule has 0 aliphatic heterocycles. The molecule has 224 valence electrons. The van der Waals surface area contributed by atoms with Crippen LogP contribution in [0.5, 0.6) is 0 Å². The fraction of sp³-hybridized carbons (Fsp3) is 0. The van der Waals surface area contributed by atoms with E-state index in [-0.39, 0.29) is 0 Å². The van der Waals surface area contributed by atoms with Gasteiger partial charge in [-0.05, 0) is 70.8 Å². The summed E-state index contributed by atoms with van der Waals surface area (Å²) >= 11 is 3.74. The average molecular weight is 648 g/mol. The normalized spacial score (nSPS) is 12.2. The van der Waals surface area contributed by atoms with Crippen LogP contribution in [0, 0.1) is 0 Å². The SMILES string of the molecule is c1ccc(N(c2ccc3c(c2)sc2ccc4ccccc4c23)c2cccc3c2sc2ccc4oc5c6ccccc6ccc5c4c23)cc1. The molecule has 0 bridgehead atoms. The van der Waals surface area contributed by atoms with Crippen LogP contribution in [0.3, 0.4) is 0 Å². The predicted molar refractivity (Wildman–Crippen MR) is 209 cm³/mol. The van der Waals surface area contributed by atoms with Crippen LogP contribution in [0.2, 0.25) is 0 Å². The van der Waals surface area contributed by atoms with Gasteiger partial charge in [0.05, 0.1) is 10.4 Å². The van der Waals surface area contributed by atoms with E-state index in [1.54, 1.807) is 0 Å². The highest BCUT2D eigenvalue weighted by atomic mass is 32.1. The summed E-state index contributed by atoms with van der Waals surface area (Å²) in [7, 11) is 0. The third-order valence-corrected chi connectivity index (χ3v) is 12.1. The second kappa shape index (κ2) is 9.91. The first-order valence-electron chi connectivity index (χ1n) is 16.2.